The Balaban J connectivity index is 2.38. The normalized spacial score (nSPS) is 33.1. The first-order valence-electron chi connectivity index (χ1n) is 10.6. The third kappa shape index (κ3) is 1.79. The Bertz CT molecular complexity index is 1260. The summed E-state index contributed by atoms with van der Waals surface area (Å²) in [7, 11) is 0. The quantitative estimate of drug-likeness (QED) is 0.477. The van der Waals surface area contributed by atoms with Crippen molar-refractivity contribution in [2.75, 3.05) is 0 Å². The average Bonchev–Trinajstić information content (AvgIpc) is 2.71. The summed E-state index contributed by atoms with van der Waals surface area (Å²) in [6, 6.07) is -4.71. The Morgan fingerprint density at radius 1 is 0.682 bits per heavy atom. The molecule has 4 atom stereocenters. The predicted molar refractivity (Wildman–Crippen MR) is 83.4 cm³/mol. The second-order valence-corrected chi connectivity index (χ2v) is 5.20. The van der Waals surface area contributed by atoms with Gasteiger partial charge in [0, 0.05) is 0 Å². The molecule has 0 spiro atoms. The summed E-state index contributed by atoms with van der Waals surface area (Å²) in [5.41, 5.74) is -0.741. The summed E-state index contributed by atoms with van der Waals surface area (Å²) in [5, 5.41) is 39.7. The third-order valence-electron chi connectivity index (χ3n) is 3.90. The van der Waals surface area contributed by atoms with Gasteiger partial charge in [0.25, 0.3) is 0 Å². The van der Waals surface area contributed by atoms with E-state index in [2.05, 4.69) is 0 Å². The zero-order valence-electron chi connectivity index (χ0n) is 19.1. The predicted octanol–water partition coefficient (Wildman–Crippen LogP) is 1.80. The van der Waals surface area contributed by atoms with Crippen LogP contribution in [0.25, 0.3) is 21.5 Å². The van der Waals surface area contributed by atoms with E-state index in [1.54, 1.807) is 0 Å². The molecule has 112 valence electrons. The maximum absolute atomic E-state index is 10.4. The van der Waals surface area contributed by atoms with E-state index < -0.39 is 72.8 Å². The lowest BCUT2D eigenvalue weighted by atomic mass is 9.81. The van der Waals surface area contributed by atoms with Crippen molar-refractivity contribution in [3.05, 3.63) is 59.5 Å². The number of rotatable bonds is 0. The van der Waals surface area contributed by atoms with Crippen molar-refractivity contribution in [1.82, 2.24) is 0 Å². The Kier molecular flexibility index (Phi) is 1.63. The van der Waals surface area contributed by atoms with Crippen molar-refractivity contribution in [3.63, 3.8) is 0 Å². The van der Waals surface area contributed by atoms with Gasteiger partial charge in [0.05, 0.1) is 11.0 Å². The van der Waals surface area contributed by atoms with E-state index in [1.165, 1.54) is 0 Å². The van der Waals surface area contributed by atoms with Crippen LogP contribution in [0, 0.1) is 0 Å². The zero-order valence-corrected chi connectivity index (χ0v) is 11.1. The van der Waals surface area contributed by atoms with Gasteiger partial charge in [0.15, 0.2) is 0 Å². The van der Waals surface area contributed by atoms with Gasteiger partial charge in [-0.1, -0.05) is 36.3 Å². The van der Waals surface area contributed by atoms with Gasteiger partial charge in [-0.25, -0.2) is 0 Å². The number of fused-ring (bicyclic) bond motifs is 4. The summed E-state index contributed by atoms with van der Waals surface area (Å²) in [4.78, 5) is 0. The molecule has 4 nitrogen and oxygen atoms in total. The molecule has 3 aromatic carbocycles. The average molecular weight is 304 g/mol. The van der Waals surface area contributed by atoms with Crippen LogP contribution < -0.4 is 0 Å². The SMILES string of the molecule is [2H]c1c([2H])c([2H])c2c(c1[2H])c([2H])c([2H])c1c([2H])c3c(c([2H])c12)[C@H](O)[C@@H](O)[C@@H](O)[C@@H]3O. The van der Waals surface area contributed by atoms with Crippen LogP contribution in [-0.2, 0) is 0 Å². The van der Waals surface area contributed by atoms with Gasteiger partial charge in [-0.15, -0.1) is 0 Å². The Hall–Kier alpha value is -1.98. The molecule has 0 saturated carbocycles. The minimum Gasteiger partial charge on any atom is -0.387 e. The molecule has 3 aromatic rings. The molecule has 0 bridgehead atoms. The molecule has 0 saturated heterocycles. The van der Waals surface area contributed by atoms with Gasteiger partial charge >= 0.3 is 0 Å². The topological polar surface area (TPSA) is 80.9 Å². The molecule has 0 fully saturated rings. The molecular formula is C18H16O4. The van der Waals surface area contributed by atoms with Crippen molar-refractivity contribution in [1.29, 1.82) is 0 Å². The van der Waals surface area contributed by atoms with Crippen LogP contribution in [0.1, 0.15) is 34.3 Å². The number of hydrogen-bond acceptors (Lipinski definition) is 4. The summed E-state index contributed by atoms with van der Waals surface area (Å²) in [6.07, 6.45) is -7.40. The first-order chi connectivity index (χ1) is 13.9. The van der Waals surface area contributed by atoms with Crippen molar-refractivity contribution in [2.45, 2.75) is 24.4 Å². The Morgan fingerprint density at radius 2 is 1.27 bits per heavy atom. The van der Waals surface area contributed by atoms with Crippen LogP contribution in [0.5, 0.6) is 0 Å². The van der Waals surface area contributed by atoms with Gasteiger partial charge in [0.2, 0.25) is 0 Å². The zero-order chi connectivity index (χ0) is 22.4. The highest BCUT2D eigenvalue weighted by Crippen LogP contribution is 2.40. The maximum Gasteiger partial charge on any atom is 0.113 e. The van der Waals surface area contributed by atoms with Crippen molar-refractivity contribution >= 4 is 21.5 Å². The molecule has 4 heteroatoms. The number of aliphatic hydroxyl groups is 4. The van der Waals surface area contributed by atoms with E-state index in [-0.39, 0.29) is 32.7 Å². The summed E-state index contributed by atoms with van der Waals surface area (Å²) < 4.78 is 65.8. The first-order valence-corrected chi connectivity index (χ1v) is 6.61. The second kappa shape index (κ2) is 4.76. The molecule has 0 aliphatic heterocycles. The fourth-order valence-electron chi connectivity index (χ4n) is 2.71. The van der Waals surface area contributed by atoms with Gasteiger partial charge in [-0.2, -0.15) is 0 Å². The lowest BCUT2D eigenvalue weighted by molar-refractivity contribution is -0.120. The van der Waals surface area contributed by atoms with Gasteiger partial charge in [0.1, 0.15) is 24.4 Å². The highest BCUT2D eigenvalue weighted by Gasteiger charge is 2.39. The molecule has 0 aromatic heterocycles. The molecule has 4 N–H and O–H groups in total. The van der Waals surface area contributed by atoms with Crippen LogP contribution >= 0.6 is 0 Å². The van der Waals surface area contributed by atoms with Crippen LogP contribution in [0.15, 0.2) is 48.3 Å². The molecule has 0 amide bonds. The largest absolute Gasteiger partial charge is 0.387 e. The maximum atomic E-state index is 10.4. The summed E-state index contributed by atoms with van der Waals surface area (Å²) in [5.74, 6) is 0. The van der Waals surface area contributed by atoms with Crippen molar-refractivity contribution < 1.29 is 31.4 Å². The van der Waals surface area contributed by atoms with E-state index >= 15 is 0 Å². The van der Waals surface area contributed by atoms with Crippen molar-refractivity contribution in [2.24, 2.45) is 0 Å². The minimum atomic E-state index is -1.86. The van der Waals surface area contributed by atoms with E-state index in [1.807, 2.05) is 0 Å². The fourth-order valence-corrected chi connectivity index (χ4v) is 2.71. The van der Waals surface area contributed by atoms with Crippen LogP contribution in [0.2, 0.25) is 0 Å². The molecule has 4 rings (SSSR count). The smallest absolute Gasteiger partial charge is 0.113 e. The molecule has 0 heterocycles. The summed E-state index contributed by atoms with van der Waals surface area (Å²) in [6.45, 7) is 0. The van der Waals surface area contributed by atoms with E-state index in [0.29, 0.717) is 0 Å². The monoisotopic (exact) mass is 304 g/mol. The second-order valence-electron chi connectivity index (χ2n) is 5.20. The number of benzene rings is 3. The number of aliphatic hydroxyl groups excluding tert-OH is 4. The van der Waals surface area contributed by atoms with E-state index in [4.69, 9.17) is 11.0 Å². The Labute approximate surface area is 138 Å². The highest BCUT2D eigenvalue weighted by atomic mass is 16.4. The molecule has 0 unspecified atom stereocenters. The van der Waals surface area contributed by atoms with Crippen LogP contribution in [0.3, 0.4) is 0 Å². The molecule has 22 heavy (non-hydrogen) atoms. The molecular weight excluding hydrogens is 280 g/mol. The Morgan fingerprint density at radius 3 is 2.00 bits per heavy atom. The fraction of sp³-hybridized carbons (Fsp3) is 0.222. The lowest BCUT2D eigenvalue weighted by Gasteiger charge is -2.34. The van der Waals surface area contributed by atoms with E-state index in [0.717, 1.165) is 0 Å². The van der Waals surface area contributed by atoms with E-state index in [9.17, 15) is 20.4 Å². The highest BCUT2D eigenvalue weighted by molar-refractivity contribution is 6.07. The lowest BCUT2D eigenvalue weighted by Crippen LogP contribution is -2.41. The number of hydrogen-bond donors (Lipinski definition) is 4. The first kappa shape index (κ1) is 7.53. The summed E-state index contributed by atoms with van der Waals surface area (Å²) >= 11 is 0. The third-order valence-corrected chi connectivity index (χ3v) is 3.90. The molecule has 1 aliphatic carbocycles. The van der Waals surface area contributed by atoms with Crippen LogP contribution in [-0.4, -0.2) is 32.6 Å². The van der Waals surface area contributed by atoms with Crippen LogP contribution in [0.4, 0.5) is 0 Å². The standard InChI is InChI=1S/C18H16O4/c19-15-13-7-10-6-5-9-3-1-2-4-11(9)12(10)8-14(13)16(20)18(22)17(15)21/h1-8,15-22H/t15-,16+,17+,18-/m1/s1/i1D,2D,3D,4D,5D,6D,7D,8D. The van der Waals surface area contributed by atoms with Gasteiger partial charge in [-0.3, -0.25) is 0 Å². The van der Waals surface area contributed by atoms with Crippen molar-refractivity contribution in [3.8, 4) is 0 Å². The molecule has 0 radical (unpaired) electrons. The van der Waals surface area contributed by atoms with Gasteiger partial charge < -0.3 is 20.4 Å². The molecule has 1 aliphatic rings. The van der Waals surface area contributed by atoms with Gasteiger partial charge in [-0.05, 0) is 44.8 Å². The minimum absolute atomic E-state index is 0.263.